The lowest BCUT2D eigenvalue weighted by Gasteiger charge is -2.32. The summed E-state index contributed by atoms with van der Waals surface area (Å²) < 4.78 is 0. The van der Waals surface area contributed by atoms with E-state index in [0.717, 1.165) is 90.0 Å². The van der Waals surface area contributed by atoms with Crippen LogP contribution in [0.2, 0.25) is 0 Å². The van der Waals surface area contributed by atoms with Crippen molar-refractivity contribution in [1.29, 1.82) is 0 Å². The standard InChI is InChI=1S/C23H49NO3/c1-21(2)24(22(3)4)18-12-11-17-23(27,15-9-5-7-13-19-25)16-10-6-8-14-20-26/h21-22,25-27H,5-20H2,1-4H3. The van der Waals surface area contributed by atoms with Crippen LogP contribution in [0.5, 0.6) is 0 Å². The SMILES string of the molecule is CC(C)N(CCCCC(O)(CCCCCCO)CCCCCCO)C(C)C. The zero-order valence-corrected chi connectivity index (χ0v) is 18.8. The number of unbranched alkanes of at least 4 members (excludes halogenated alkanes) is 7. The largest absolute Gasteiger partial charge is 0.396 e. The molecule has 4 heteroatoms. The molecule has 0 unspecified atom stereocenters. The fourth-order valence-electron chi connectivity index (χ4n) is 4.07. The molecule has 0 aliphatic carbocycles. The van der Waals surface area contributed by atoms with Gasteiger partial charge in [0, 0.05) is 25.3 Å². The van der Waals surface area contributed by atoms with E-state index in [-0.39, 0.29) is 13.2 Å². The molecule has 4 nitrogen and oxygen atoms in total. The monoisotopic (exact) mass is 387 g/mol. The van der Waals surface area contributed by atoms with Crippen LogP contribution in [0.3, 0.4) is 0 Å². The Morgan fingerprint density at radius 2 is 0.963 bits per heavy atom. The van der Waals surface area contributed by atoms with Crippen molar-refractivity contribution in [2.24, 2.45) is 0 Å². The van der Waals surface area contributed by atoms with E-state index in [4.69, 9.17) is 10.2 Å². The van der Waals surface area contributed by atoms with E-state index in [1.807, 2.05) is 0 Å². The van der Waals surface area contributed by atoms with E-state index >= 15 is 0 Å². The van der Waals surface area contributed by atoms with Crippen LogP contribution in [-0.2, 0) is 0 Å². The summed E-state index contributed by atoms with van der Waals surface area (Å²) in [5.41, 5.74) is -0.529. The summed E-state index contributed by atoms with van der Waals surface area (Å²) in [5, 5.41) is 29.0. The van der Waals surface area contributed by atoms with Crippen molar-refractivity contribution in [2.75, 3.05) is 19.8 Å². The maximum Gasteiger partial charge on any atom is 0.0647 e. The Hall–Kier alpha value is -0.160. The summed E-state index contributed by atoms with van der Waals surface area (Å²) in [6.07, 6.45) is 13.1. The Bertz CT molecular complexity index is 299. The molecule has 0 rings (SSSR count). The van der Waals surface area contributed by atoms with Crippen LogP contribution >= 0.6 is 0 Å². The fourth-order valence-corrected chi connectivity index (χ4v) is 4.07. The first-order valence-corrected chi connectivity index (χ1v) is 11.6. The molecule has 0 aromatic carbocycles. The Balaban J connectivity index is 4.32. The van der Waals surface area contributed by atoms with E-state index in [1.54, 1.807) is 0 Å². The van der Waals surface area contributed by atoms with Crippen LogP contribution in [0.1, 0.15) is 111 Å². The lowest BCUT2D eigenvalue weighted by Crippen LogP contribution is -2.38. The molecule has 0 amide bonds. The van der Waals surface area contributed by atoms with Gasteiger partial charge in [-0.2, -0.15) is 0 Å². The van der Waals surface area contributed by atoms with Crippen LogP contribution in [0, 0.1) is 0 Å². The summed E-state index contributed by atoms with van der Waals surface area (Å²) in [7, 11) is 0. The number of hydrogen-bond donors (Lipinski definition) is 3. The van der Waals surface area contributed by atoms with Gasteiger partial charge in [-0.05, 0) is 79.2 Å². The molecule has 27 heavy (non-hydrogen) atoms. The van der Waals surface area contributed by atoms with E-state index in [2.05, 4.69) is 32.6 Å². The maximum atomic E-state index is 11.2. The third-order valence-corrected chi connectivity index (χ3v) is 5.74. The minimum atomic E-state index is -0.529. The maximum absolute atomic E-state index is 11.2. The number of aliphatic hydroxyl groups excluding tert-OH is 2. The van der Waals surface area contributed by atoms with Gasteiger partial charge >= 0.3 is 0 Å². The summed E-state index contributed by atoms with van der Waals surface area (Å²) in [5.74, 6) is 0. The molecule has 0 heterocycles. The molecule has 0 atom stereocenters. The summed E-state index contributed by atoms with van der Waals surface area (Å²) in [6, 6.07) is 1.14. The Labute approximate surface area is 169 Å². The number of rotatable bonds is 19. The van der Waals surface area contributed by atoms with Gasteiger partial charge in [-0.3, -0.25) is 4.90 Å². The average Bonchev–Trinajstić information content (AvgIpc) is 2.60. The molecule has 3 N–H and O–H groups in total. The topological polar surface area (TPSA) is 63.9 Å². The quantitative estimate of drug-likeness (QED) is 0.276. The lowest BCUT2D eigenvalue weighted by molar-refractivity contribution is 0.00615. The first kappa shape index (κ1) is 26.8. The number of hydrogen-bond acceptors (Lipinski definition) is 4. The number of aliphatic hydroxyl groups is 3. The molecular weight excluding hydrogens is 338 g/mol. The molecule has 0 aromatic rings. The van der Waals surface area contributed by atoms with Crippen molar-refractivity contribution in [2.45, 2.75) is 129 Å². The van der Waals surface area contributed by atoms with E-state index in [0.29, 0.717) is 12.1 Å². The highest BCUT2D eigenvalue weighted by Crippen LogP contribution is 2.28. The molecule has 164 valence electrons. The van der Waals surface area contributed by atoms with Crippen LogP contribution in [0.15, 0.2) is 0 Å². The predicted octanol–water partition coefficient (Wildman–Crippen LogP) is 4.89. The normalized spacial score (nSPS) is 12.7. The highest BCUT2D eigenvalue weighted by molar-refractivity contribution is 4.79. The van der Waals surface area contributed by atoms with Crippen LogP contribution in [0.4, 0.5) is 0 Å². The van der Waals surface area contributed by atoms with E-state index < -0.39 is 5.60 Å². The highest BCUT2D eigenvalue weighted by Gasteiger charge is 2.25. The molecule has 0 bridgehead atoms. The second-order valence-corrected chi connectivity index (χ2v) is 8.88. The minimum absolute atomic E-state index is 0.275. The molecular formula is C23H49NO3. The average molecular weight is 388 g/mol. The van der Waals surface area contributed by atoms with E-state index in [1.165, 1.54) is 0 Å². The van der Waals surface area contributed by atoms with Crippen LogP contribution in [0.25, 0.3) is 0 Å². The number of nitrogens with zero attached hydrogens (tertiary/aromatic N) is 1. The minimum Gasteiger partial charge on any atom is -0.396 e. The van der Waals surface area contributed by atoms with Gasteiger partial charge < -0.3 is 15.3 Å². The third-order valence-electron chi connectivity index (χ3n) is 5.74. The molecule has 0 radical (unpaired) electrons. The van der Waals surface area contributed by atoms with Gasteiger partial charge in [0.1, 0.15) is 0 Å². The zero-order valence-electron chi connectivity index (χ0n) is 18.8. The second kappa shape index (κ2) is 16.8. The van der Waals surface area contributed by atoms with Gasteiger partial charge in [-0.15, -0.1) is 0 Å². The van der Waals surface area contributed by atoms with Gasteiger partial charge in [0.25, 0.3) is 0 Å². The first-order valence-electron chi connectivity index (χ1n) is 11.6. The third kappa shape index (κ3) is 14.5. The zero-order chi connectivity index (χ0) is 20.5. The van der Waals surface area contributed by atoms with Gasteiger partial charge in [0.15, 0.2) is 0 Å². The Kier molecular flexibility index (Phi) is 16.7. The summed E-state index contributed by atoms with van der Waals surface area (Å²) in [4.78, 5) is 2.53. The Morgan fingerprint density at radius 1 is 0.593 bits per heavy atom. The molecule has 0 aliphatic rings. The lowest BCUT2D eigenvalue weighted by atomic mass is 9.85. The molecule has 0 spiro atoms. The van der Waals surface area contributed by atoms with Crippen molar-refractivity contribution in [3.63, 3.8) is 0 Å². The predicted molar refractivity (Wildman–Crippen MR) is 116 cm³/mol. The van der Waals surface area contributed by atoms with Crippen molar-refractivity contribution < 1.29 is 15.3 Å². The van der Waals surface area contributed by atoms with Gasteiger partial charge in [-0.25, -0.2) is 0 Å². The molecule has 0 saturated carbocycles. The Morgan fingerprint density at radius 3 is 1.33 bits per heavy atom. The second-order valence-electron chi connectivity index (χ2n) is 8.88. The van der Waals surface area contributed by atoms with Crippen molar-refractivity contribution in [3.8, 4) is 0 Å². The van der Waals surface area contributed by atoms with Crippen LogP contribution in [-0.4, -0.2) is 57.7 Å². The molecule has 0 saturated heterocycles. The van der Waals surface area contributed by atoms with Gasteiger partial charge in [-0.1, -0.05) is 38.5 Å². The van der Waals surface area contributed by atoms with Gasteiger partial charge in [0.05, 0.1) is 5.60 Å². The molecule has 0 fully saturated rings. The smallest absolute Gasteiger partial charge is 0.0647 e. The van der Waals surface area contributed by atoms with Crippen molar-refractivity contribution >= 4 is 0 Å². The van der Waals surface area contributed by atoms with Crippen molar-refractivity contribution in [1.82, 2.24) is 4.90 Å². The van der Waals surface area contributed by atoms with E-state index in [9.17, 15) is 5.11 Å². The summed E-state index contributed by atoms with van der Waals surface area (Å²) in [6.45, 7) is 10.7. The summed E-state index contributed by atoms with van der Waals surface area (Å²) >= 11 is 0. The molecule has 0 aromatic heterocycles. The fraction of sp³-hybridized carbons (Fsp3) is 1.00. The van der Waals surface area contributed by atoms with Crippen molar-refractivity contribution in [3.05, 3.63) is 0 Å². The first-order chi connectivity index (χ1) is 12.9. The molecule has 0 aliphatic heterocycles. The van der Waals surface area contributed by atoms with Gasteiger partial charge in [0.2, 0.25) is 0 Å². The van der Waals surface area contributed by atoms with Crippen LogP contribution < -0.4 is 0 Å². The highest BCUT2D eigenvalue weighted by atomic mass is 16.3.